The van der Waals surface area contributed by atoms with E-state index in [1.165, 1.54) is 20.2 Å². The molecule has 2 fully saturated rings. The van der Waals surface area contributed by atoms with Crippen LogP contribution in [0.25, 0.3) is 0 Å². The van der Waals surface area contributed by atoms with Crippen LogP contribution in [-0.2, 0) is 23.3 Å². The van der Waals surface area contributed by atoms with Gasteiger partial charge in [0.15, 0.2) is 5.34 Å². The highest BCUT2D eigenvalue weighted by molar-refractivity contribution is 7.54. The van der Waals surface area contributed by atoms with Crippen molar-refractivity contribution < 1.29 is 37.7 Å². The van der Waals surface area contributed by atoms with Crippen LogP contribution in [0, 0.1) is 5.82 Å². The van der Waals surface area contributed by atoms with E-state index in [1.54, 1.807) is 13.8 Å². The molecule has 7 unspecified atom stereocenters. The smallest absolute Gasteiger partial charge is 0.362 e. The summed E-state index contributed by atoms with van der Waals surface area (Å²) in [7, 11) is -2.72. The van der Waals surface area contributed by atoms with Gasteiger partial charge >= 0.3 is 7.60 Å². The van der Waals surface area contributed by atoms with E-state index in [0.717, 1.165) is 6.07 Å². The van der Waals surface area contributed by atoms with Crippen molar-refractivity contribution in [2.75, 3.05) is 13.7 Å². The molecule has 0 bridgehead atoms. The number of nitrogens with one attached hydrogen (secondary N) is 1. The zero-order valence-corrected chi connectivity index (χ0v) is 17.6. The minimum Gasteiger partial charge on any atom is -0.388 e. The second-order valence-corrected chi connectivity index (χ2v) is 10.1. The van der Waals surface area contributed by atoms with Crippen LogP contribution in [0.5, 0.6) is 0 Å². The summed E-state index contributed by atoms with van der Waals surface area (Å²) in [4.78, 5) is 24.0. The largest absolute Gasteiger partial charge is 0.388 e. The van der Waals surface area contributed by atoms with Crippen LogP contribution < -0.4 is 5.56 Å². The lowest BCUT2D eigenvalue weighted by Gasteiger charge is -2.34. The zero-order chi connectivity index (χ0) is 21.6. The van der Waals surface area contributed by atoms with Crippen molar-refractivity contribution in [2.45, 2.75) is 69.0 Å². The molecular weight excluding hydrogens is 408 g/mol. The summed E-state index contributed by atoms with van der Waals surface area (Å²) in [5.74, 6) is -0.776. The number of aromatic nitrogens is 1. The molecule has 7 atom stereocenters. The minimum absolute atomic E-state index is 0.0452. The van der Waals surface area contributed by atoms with Gasteiger partial charge in [-0.2, -0.15) is 0 Å². The molecule has 164 valence electrons. The maximum Gasteiger partial charge on any atom is 0.362 e. The van der Waals surface area contributed by atoms with E-state index >= 15 is 0 Å². The first-order valence-corrected chi connectivity index (χ1v) is 10.9. The molecule has 3 heterocycles. The predicted octanol–water partition coefficient (Wildman–Crippen LogP) is 1.84. The van der Waals surface area contributed by atoms with E-state index in [1.807, 2.05) is 0 Å². The van der Waals surface area contributed by atoms with Gasteiger partial charge in [0.05, 0.1) is 18.3 Å². The Morgan fingerprint density at radius 3 is 2.69 bits per heavy atom. The number of epoxide rings is 1. The number of pyridine rings is 1. The first kappa shape index (κ1) is 22.6. The van der Waals surface area contributed by atoms with Gasteiger partial charge in [-0.05, 0) is 20.3 Å². The molecule has 2 aliphatic heterocycles. The Hall–Kier alpha value is -1.13. The fraction of sp³-hybridized carbons (Fsp3) is 0.722. The number of hydrogen-bond acceptors (Lipinski definition) is 7. The van der Waals surface area contributed by atoms with Crippen molar-refractivity contribution in [3.63, 3.8) is 0 Å². The predicted molar refractivity (Wildman–Crippen MR) is 100 cm³/mol. The van der Waals surface area contributed by atoms with Crippen molar-refractivity contribution in [2.24, 2.45) is 0 Å². The third-order valence-corrected chi connectivity index (χ3v) is 7.85. The van der Waals surface area contributed by atoms with E-state index in [9.17, 15) is 23.7 Å². The highest BCUT2D eigenvalue weighted by Crippen LogP contribution is 2.65. The van der Waals surface area contributed by atoms with Crippen LogP contribution in [0.4, 0.5) is 4.39 Å². The fourth-order valence-electron chi connectivity index (χ4n) is 3.43. The van der Waals surface area contributed by atoms with Crippen LogP contribution in [0.3, 0.4) is 0 Å². The molecule has 11 heteroatoms. The quantitative estimate of drug-likeness (QED) is 0.417. The van der Waals surface area contributed by atoms with Gasteiger partial charge in [0.1, 0.15) is 24.1 Å². The van der Waals surface area contributed by atoms with Gasteiger partial charge < -0.3 is 33.7 Å². The molecule has 0 aliphatic carbocycles. The van der Waals surface area contributed by atoms with Crippen LogP contribution in [0.2, 0.25) is 0 Å². The van der Waals surface area contributed by atoms with Crippen LogP contribution >= 0.6 is 7.60 Å². The highest BCUT2D eigenvalue weighted by atomic mass is 31.2. The number of aliphatic hydroxyl groups excluding tert-OH is 1. The average Bonchev–Trinajstić information content (AvgIpc) is 3.33. The molecule has 3 N–H and O–H groups in total. The van der Waals surface area contributed by atoms with E-state index in [4.69, 9.17) is 18.7 Å². The Morgan fingerprint density at radius 2 is 2.17 bits per heavy atom. The Balaban J connectivity index is 1.81. The monoisotopic (exact) mass is 435 g/mol. The lowest BCUT2D eigenvalue weighted by atomic mass is 9.92. The SMILES string of the molecule is CCC(C)(CC1OC(c2c[nH]c(=O)cc2F)C(OC)C1O)OP(=O)(O)C1(C)CO1. The number of hydrogen-bond donors (Lipinski definition) is 3. The van der Waals surface area contributed by atoms with Gasteiger partial charge in [-0.1, -0.05) is 6.92 Å². The molecule has 1 aromatic rings. The Morgan fingerprint density at radius 1 is 1.52 bits per heavy atom. The summed E-state index contributed by atoms with van der Waals surface area (Å²) in [5.41, 5.74) is -1.66. The van der Waals surface area contributed by atoms with Gasteiger partial charge in [-0.15, -0.1) is 0 Å². The van der Waals surface area contributed by atoms with E-state index in [2.05, 4.69) is 4.98 Å². The molecule has 0 radical (unpaired) electrons. The summed E-state index contributed by atoms with van der Waals surface area (Å²) in [6.07, 6.45) is -2.25. The molecule has 1 aromatic heterocycles. The lowest BCUT2D eigenvalue weighted by molar-refractivity contribution is -0.0486. The molecule has 9 nitrogen and oxygen atoms in total. The lowest BCUT2D eigenvalue weighted by Crippen LogP contribution is -2.39. The third-order valence-electron chi connectivity index (χ3n) is 5.70. The van der Waals surface area contributed by atoms with Crippen LogP contribution in [0.1, 0.15) is 45.3 Å². The number of H-pyrrole nitrogens is 1. The van der Waals surface area contributed by atoms with Crippen molar-refractivity contribution in [3.05, 3.63) is 34.0 Å². The summed E-state index contributed by atoms with van der Waals surface area (Å²) in [5, 5.41) is 9.47. The molecule has 2 aliphatic rings. The van der Waals surface area contributed by atoms with Crippen LogP contribution in [-0.4, -0.2) is 58.0 Å². The van der Waals surface area contributed by atoms with E-state index in [-0.39, 0.29) is 18.6 Å². The maximum absolute atomic E-state index is 14.3. The second kappa shape index (κ2) is 7.85. The summed E-state index contributed by atoms with van der Waals surface area (Å²) in [6, 6.07) is 0.794. The highest BCUT2D eigenvalue weighted by Gasteiger charge is 2.59. The summed E-state index contributed by atoms with van der Waals surface area (Å²) in [6.45, 7) is 5.06. The maximum atomic E-state index is 14.3. The number of aromatic amines is 1. The topological polar surface area (TPSA) is 131 Å². The number of halogens is 1. The molecule has 29 heavy (non-hydrogen) atoms. The van der Waals surface area contributed by atoms with Gasteiger partial charge in [-0.25, -0.2) is 4.39 Å². The molecular formula is C18H27FNO8P. The van der Waals surface area contributed by atoms with Crippen molar-refractivity contribution in [1.82, 2.24) is 4.98 Å². The Kier molecular flexibility index (Phi) is 6.10. The fourth-order valence-corrected chi connectivity index (χ4v) is 4.81. The van der Waals surface area contributed by atoms with Gasteiger partial charge in [0.2, 0.25) is 0 Å². The first-order chi connectivity index (χ1) is 13.5. The molecule has 0 aromatic carbocycles. The first-order valence-electron chi connectivity index (χ1n) is 9.37. The molecule has 0 saturated carbocycles. The zero-order valence-electron chi connectivity index (χ0n) is 16.8. The van der Waals surface area contributed by atoms with Gasteiger partial charge in [-0.3, -0.25) is 9.36 Å². The molecule has 3 rings (SSSR count). The standard InChI is InChI=1S/C18H27FNO8P/c1-5-17(2,28-29(23,24)18(3)9-26-18)7-12-14(22)16(25-4)15(27-12)10-8-20-13(21)6-11(10)19/h6,8,12,14-16,22H,5,7,9H2,1-4H3,(H,20,21)(H,23,24). The normalized spacial score (nSPS) is 35.8. The van der Waals surface area contributed by atoms with Gasteiger partial charge in [0, 0.05) is 31.4 Å². The van der Waals surface area contributed by atoms with Crippen LogP contribution in [0.15, 0.2) is 17.1 Å². The number of ether oxygens (including phenoxy) is 3. The van der Waals surface area contributed by atoms with Gasteiger partial charge in [0.25, 0.3) is 5.56 Å². The molecule has 0 spiro atoms. The van der Waals surface area contributed by atoms with E-state index < -0.39 is 54.3 Å². The molecule has 0 amide bonds. The second-order valence-electron chi connectivity index (χ2n) is 7.97. The van der Waals surface area contributed by atoms with Crippen molar-refractivity contribution in [1.29, 1.82) is 0 Å². The Labute approximate surface area is 167 Å². The Bertz CT molecular complexity index is 859. The summed E-state index contributed by atoms with van der Waals surface area (Å²) >= 11 is 0. The van der Waals surface area contributed by atoms with Crippen molar-refractivity contribution >= 4 is 7.60 Å². The third kappa shape index (κ3) is 4.34. The van der Waals surface area contributed by atoms with Crippen molar-refractivity contribution in [3.8, 4) is 0 Å². The average molecular weight is 435 g/mol. The number of aliphatic hydroxyl groups is 1. The van der Waals surface area contributed by atoms with E-state index in [0.29, 0.717) is 6.42 Å². The number of rotatable bonds is 8. The molecule has 2 saturated heterocycles. The minimum atomic E-state index is -4.08. The number of methoxy groups -OCH3 is 1. The summed E-state index contributed by atoms with van der Waals surface area (Å²) < 4.78 is 48.7.